The second-order valence-electron chi connectivity index (χ2n) is 3.29. The first kappa shape index (κ1) is 12.3. The van der Waals surface area contributed by atoms with Gasteiger partial charge in [0.2, 0.25) is 0 Å². The summed E-state index contributed by atoms with van der Waals surface area (Å²) in [7, 11) is 0. The summed E-state index contributed by atoms with van der Waals surface area (Å²) < 4.78 is 0. The van der Waals surface area contributed by atoms with Gasteiger partial charge in [0, 0.05) is 0 Å². The third-order valence-corrected chi connectivity index (χ3v) is 2.29. The molecule has 0 amide bonds. The van der Waals surface area contributed by atoms with E-state index in [1.807, 2.05) is 0 Å². The van der Waals surface area contributed by atoms with Crippen molar-refractivity contribution in [3.8, 4) is 12.3 Å². The van der Waals surface area contributed by atoms with Crippen LogP contribution in [-0.4, -0.2) is 22.1 Å². The standard InChI is InChI=1S/C11H11ClN2O2/c1-4-6(2)13-10-9(12)5-8(11(15)16)7(3)14-10/h1,5-6H,2-3H3,(H,13,14)(H,15,16). The van der Waals surface area contributed by atoms with Gasteiger partial charge in [-0.15, -0.1) is 6.42 Å². The average molecular weight is 239 g/mol. The summed E-state index contributed by atoms with van der Waals surface area (Å²) in [6.07, 6.45) is 5.21. The molecule has 5 heteroatoms. The zero-order valence-corrected chi connectivity index (χ0v) is 9.67. The Morgan fingerprint density at radius 2 is 2.38 bits per heavy atom. The van der Waals surface area contributed by atoms with Crippen molar-refractivity contribution in [2.45, 2.75) is 19.9 Å². The molecular weight excluding hydrogens is 228 g/mol. The summed E-state index contributed by atoms with van der Waals surface area (Å²) in [4.78, 5) is 14.9. The number of halogens is 1. The van der Waals surface area contributed by atoms with Crippen LogP contribution in [0.1, 0.15) is 23.0 Å². The van der Waals surface area contributed by atoms with E-state index in [0.29, 0.717) is 11.5 Å². The van der Waals surface area contributed by atoms with E-state index in [0.717, 1.165) is 0 Å². The lowest BCUT2D eigenvalue weighted by Gasteiger charge is -2.11. The molecule has 0 aliphatic carbocycles. The maximum atomic E-state index is 10.8. The van der Waals surface area contributed by atoms with Crippen LogP contribution in [0.2, 0.25) is 5.02 Å². The van der Waals surface area contributed by atoms with Gasteiger partial charge in [-0.3, -0.25) is 0 Å². The van der Waals surface area contributed by atoms with Gasteiger partial charge in [-0.25, -0.2) is 9.78 Å². The van der Waals surface area contributed by atoms with E-state index in [-0.39, 0.29) is 16.6 Å². The van der Waals surface area contributed by atoms with Gasteiger partial charge >= 0.3 is 5.97 Å². The van der Waals surface area contributed by atoms with Gasteiger partial charge in [0.15, 0.2) is 0 Å². The van der Waals surface area contributed by atoms with Crippen LogP contribution in [0, 0.1) is 19.3 Å². The van der Waals surface area contributed by atoms with Crippen molar-refractivity contribution >= 4 is 23.4 Å². The number of hydrogen-bond donors (Lipinski definition) is 2. The number of aromatic carboxylic acids is 1. The summed E-state index contributed by atoms with van der Waals surface area (Å²) >= 11 is 5.89. The highest BCUT2D eigenvalue weighted by atomic mass is 35.5. The molecule has 0 bridgehead atoms. The Morgan fingerprint density at radius 3 is 2.88 bits per heavy atom. The summed E-state index contributed by atoms with van der Waals surface area (Å²) in [5, 5.41) is 12.0. The zero-order valence-electron chi connectivity index (χ0n) is 8.91. The summed E-state index contributed by atoms with van der Waals surface area (Å²) in [5.74, 6) is 1.82. The van der Waals surface area contributed by atoms with Gasteiger partial charge in [-0.05, 0) is 19.9 Å². The van der Waals surface area contributed by atoms with Gasteiger partial charge in [0.25, 0.3) is 0 Å². The van der Waals surface area contributed by atoms with E-state index in [9.17, 15) is 4.79 Å². The van der Waals surface area contributed by atoms with Crippen molar-refractivity contribution in [1.82, 2.24) is 4.98 Å². The number of carboxylic acids is 1. The molecule has 0 saturated carbocycles. The Kier molecular flexibility index (Phi) is 3.75. The average Bonchev–Trinajstić information content (AvgIpc) is 2.22. The van der Waals surface area contributed by atoms with Crippen LogP contribution < -0.4 is 5.32 Å². The molecule has 0 fully saturated rings. The molecule has 1 heterocycles. The lowest BCUT2D eigenvalue weighted by molar-refractivity contribution is 0.0695. The number of rotatable bonds is 3. The van der Waals surface area contributed by atoms with Gasteiger partial charge in [0.05, 0.1) is 22.3 Å². The molecule has 0 saturated heterocycles. The van der Waals surface area contributed by atoms with Gasteiger partial charge in [-0.1, -0.05) is 17.5 Å². The molecule has 2 N–H and O–H groups in total. The van der Waals surface area contributed by atoms with Crippen LogP contribution in [0.5, 0.6) is 0 Å². The second-order valence-corrected chi connectivity index (χ2v) is 3.70. The molecule has 16 heavy (non-hydrogen) atoms. The smallest absolute Gasteiger partial charge is 0.337 e. The quantitative estimate of drug-likeness (QED) is 0.793. The number of carbonyl (C=O) groups is 1. The Morgan fingerprint density at radius 1 is 1.75 bits per heavy atom. The highest BCUT2D eigenvalue weighted by Crippen LogP contribution is 2.23. The number of aromatic nitrogens is 1. The van der Waals surface area contributed by atoms with Crippen molar-refractivity contribution < 1.29 is 9.90 Å². The van der Waals surface area contributed by atoms with Gasteiger partial charge in [0.1, 0.15) is 5.82 Å². The van der Waals surface area contributed by atoms with Crippen LogP contribution in [0.25, 0.3) is 0 Å². The minimum atomic E-state index is -1.05. The van der Waals surface area contributed by atoms with Crippen LogP contribution in [-0.2, 0) is 0 Å². The maximum absolute atomic E-state index is 10.8. The Hall–Kier alpha value is -1.73. The number of nitrogens with zero attached hydrogens (tertiary/aromatic N) is 1. The first-order valence-electron chi connectivity index (χ1n) is 4.58. The van der Waals surface area contributed by atoms with Crippen molar-refractivity contribution in [2.24, 2.45) is 0 Å². The monoisotopic (exact) mass is 238 g/mol. The minimum absolute atomic E-state index is 0.0870. The molecule has 1 aromatic rings. The molecule has 1 unspecified atom stereocenters. The fourth-order valence-corrected chi connectivity index (χ4v) is 1.35. The lowest BCUT2D eigenvalue weighted by atomic mass is 10.2. The first-order valence-corrected chi connectivity index (χ1v) is 4.96. The molecule has 0 aliphatic heterocycles. The molecule has 84 valence electrons. The summed E-state index contributed by atoms with van der Waals surface area (Å²) in [6, 6.07) is 1.14. The number of anilines is 1. The van der Waals surface area contributed by atoms with Crippen LogP contribution in [0.4, 0.5) is 5.82 Å². The summed E-state index contributed by atoms with van der Waals surface area (Å²) in [5.41, 5.74) is 0.479. The van der Waals surface area contributed by atoms with E-state index < -0.39 is 5.97 Å². The fraction of sp³-hybridized carbons (Fsp3) is 0.273. The first-order chi connectivity index (χ1) is 7.45. The molecule has 1 atom stereocenters. The van der Waals surface area contributed by atoms with Crippen LogP contribution in [0.15, 0.2) is 6.07 Å². The molecule has 1 aromatic heterocycles. The van der Waals surface area contributed by atoms with E-state index in [4.69, 9.17) is 23.1 Å². The van der Waals surface area contributed by atoms with Crippen molar-refractivity contribution in [3.63, 3.8) is 0 Å². The normalized spacial score (nSPS) is 11.6. The molecule has 4 nitrogen and oxygen atoms in total. The third-order valence-electron chi connectivity index (χ3n) is 2.00. The van der Waals surface area contributed by atoms with Gasteiger partial charge < -0.3 is 10.4 Å². The fourth-order valence-electron chi connectivity index (χ4n) is 1.15. The molecule has 0 aliphatic rings. The number of carboxylic acid groups (broad SMARTS) is 1. The Bertz CT molecular complexity index is 466. The molecule has 1 rings (SSSR count). The number of aryl methyl sites for hydroxylation is 1. The van der Waals surface area contributed by atoms with Gasteiger partial charge in [-0.2, -0.15) is 0 Å². The second kappa shape index (κ2) is 4.86. The van der Waals surface area contributed by atoms with E-state index in [1.54, 1.807) is 13.8 Å². The summed E-state index contributed by atoms with van der Waals surface area (Å²) in [6.45, 7) is 3.38. The van der Waals surface area contributed by atoms with E-state index in [1.165, 1.54) is 6.07 Å². The third kappa shape index (κ3) is 2.65. The minimum Gasteiger partial charge on any atom is -0.478 e. The predicted molar refractivity (Wildman–Crippen MR) is 62.9 cm³/mol. The van der Waals surface area contributed by atoms with Crippen molar-refractivity contribution in [1.29, 1.82) is 0 Å². The molecule has 0 spiro atoms. The van der Waals surface area contributed by atoms with Crippen molar-refractivity contribution in [2.75, 3.05) is 5.32 Å². The number of terminal acetylenes is 1. The molecule has 0 radical (unpaired) electrons. The van der Waals surface area contributed by atoms with E-state index >= 15 is 0 Å². The molecule has 0 aromatic carbocycles. The molecular formula is C11H11ClN2O2. The highest BCUT2D eigenvalue weighted by molar-refractivity contribution is 6.33. The largest absolute Gasteiger partial charge is 0.478 e. The SMILES string of the molecule is C#CC(C)Nc1nc(C)c(C(=O)O)cc1Cl. The predicted octanol–water partition coefficient (Wildman–Crippen LogP) is 2.18. The topological polar surface area (TPSA) is 62.2 Å². The highest BCUT2D eigenvalue weighted by Gasteiger charge is 2.13. The number of hydrogen-bond acceptors (Lipinski definition) is 3. The van der Waals surface area contributed by atoms with Crippen molar-refractivity contribution in [3.05, 3.63) is 22.3 Å². The number of nitrogens with one attached hydrogen (secondary N) is 1. The number of pyridine rings is 1. The van der Waals surface area contributed by atoms with Crippen LogP contribution in [0.3, 0.4) is 0 Å². The Labute approximate surface area is 98.6 Å². The van der Waals surface area contributed by atoms with E-state index in [2.05, 4.69) is 16.2 Å². The van der Waals surface area contributed by atoms with Crippen LogP contribution >= 0.6 is 11.6 Å². The zero-order chi connectivity index (χ0) is 12.3. The Balaban J connectivity index is 3.11. The lowest BCUT2D eigenvalue weighted by Crippen LogP contribution is -2.15. The maximum Gasteiger partial charge on any atom is 0.337 e.